The van der Waals surface area contributed by atoms with Crippen LogP contribution in [0.4, 0.5) is 11.4 Å². The Morgan fingerprint density at radius 1 is 0.706 bits per heavy atom. The molecule has 3 heteroatoms. The lowest BCUT2D eigenvalue weighted by Crippen LogP contribution is -2.12. The first kappa shape index (κ1) is 10.0. The molecule has 0 bridgehead atoms. The van der Waals surface area contributed by atoms with Crippen LogP contribution in [0.2, 0.25) is 0 Å². The zero-order valence-electron chi connectivity index (χ0n) is 9.44. The van der Waals surface area contributed by atoms with Gasteiger partial charge >= 0.3 is 0 Å². The van der Waals surface area contributed by atoms with E-state index < -0.39 is 0 Å². The Bertz CT molecular complexity index is 478. The number of rotatable bonds is 0. The van der Waals surface area contributed by atoms with E-state index in [1.165, 1.54) is 0 Å². The van der Waals surface area contributed by atoms with E-state index in [-0.39, 0.29) is 0 Å². The van der Waals surface area contributed by atoms with Gasteiger partial charge in [-0.3, -0.25) is 0 Å². The topological polar surface area (TPSA) is 33.3 Å². The van der Waals surface area contributed by atoms with E-state index in [4.69, 9.17) is 4.74 Å². The van der Waals surface area contributed by atoms with Gasteiger partial charge in [0.05, 0.1) is 11.4 Å². The van der Waals surface area contributed by atoms with Crippen LogP contribution in [0, 0.1) is 0 Å². The molecule has 2 aromatic carbocycles. The smallest absolute Gasteiger partial charge is 0.150 e. The van der Waals surface area contributed by atoms with E-state index in [0.717, 1.165) is 36.0 Å². The van der Waals surface area contributed by atoms with Gasteiger partial charge in [-0.25, -0.2) is 0 Å². The first-order chi connectivity index (χ1) is 8.43. The lowest BCUT2D eigenvalue weighted by molar-refractivity contribution is 0.487. The summed E-state index contributed by atoms with van der Waals surface area (Å²) in [4.78, 5) is 0. The number of hydrogen-bond donors (Lipinski definition) is 2. The SMILES string of the molecule is c1ccc2c(c1)NCCNc1ccccc1O2. The lowest BCUT2D eigenvalue weighted by atomic mass is 10.2. The summed E-state index contributed by atoms with van der Waals surface area (Å²) in [5.41, 5.74) is 2.07. The van der Waals surface area contributed by atoms with Crippen molar-refractivity contribution in [3.05, 3.63) is 48.5 Å². The van der Waals surface area contributed by atoms with Gasteiger partial charge in [0.1, 0.15) is 0 Å². The van der Waals surface area contributed by atoms with Crippen LogP contribution in [0.1, 0.15) is 0 Å². The largest absolute Gasteiger partial charge is 0.453 e. The first-order valence-corrected chi connectivity index (χ1v) is 5.77. The second-order valence-corrected chi connectivity index (χ2v) is 3.95. The molecule has 2 N–H and O–H groups in total. The summed E-state index contributed by atoms with van der Waals surface area (Å²) in [7, 11) is 0. The van der Waals surface area contributed by atoms with Crippen molar-refractivity contribution in [2.45, 2.75) is 0 Å². The van der Waals surface area contributed by atoms with E-state index in [0.29, 0.717) is 0 Å². The van der Waals surface area contributed by atoms with Crippen LogP contribution in [-0.4, -0.2) is 13.1 Å². The lowest BCUT2D eigenvalue weighted by Gasteiger charge is -2.11. The fraction of sp³-hybridized carbons (Fsp3) is 0.143. The molecule has 0 radical (unpaired) electrons. The monoisotopic (exact) mass is 226 g/mol. The minimum absolute atomic E-state index is 0.864. The fourth-order valence-corrected chi connectivity index (χ4v) is 1.92. The van der Waals surface area contributed by atoms with Gasteiger partial charge < -0.3 is 15.4 Å². The number of fused-ring (bicyclic) bond motifs is 2. The summed E-state index contributed by atoms with van der Waals surface area (Å²) < 4.78 is 5.94. The zero-order valence-corrected chi connectivity index (χ0v) is 9.44. The number of benzene rings is 2. The van der Waals surface area contributed by atoms with Crippen molar-refractivity contribution in [3.8, 4) is 11.5 Å². The highest BCUT2D eigenvalue weighted by molar-refractivity contribution is 5.63. The van der Waals surface area contributed by atoms with E-state index in [1.54, 1.807) is 0 Å². The van der Waals surface area contributed by atoms with E-state index in [2.05, 4.69) is 10.6 Å². The summed E-state index contributed by atoms with van der Waals surface area (Å²) in [5, 5.41) is 6.70. The maximum Gasteiger partial charge on any atom is 0.150 e. The molecule has 0 amide bonds. The quantitative estimate of drug-likeness (QED) is 0.723. The van der Waals surface area contributed by atoms with Crippen LogP contribution in [-0.2, 0) is 0 Å². The van der Waals surface area contributed by atoms with Gasteiger partial charge in [0.25, 0.3) is 0 Å². The van der Waals surface area contributed by atoms with Crippen LogP contribution >= 0.6 is 0 Å². The minimum atomic E-state index is 0.864. The van der Waals surface area contributed by atoms with E-state index in [1.807, 2.05) is 48.5 Å². The third kappa shape index (κ3) is 2.04. The summed E-state index contributed by atoms with van der Waals surface area (Å²) in [6.45, 7) is 1.74. The Labute approximate surface area is 100 Å². The maximum atomic E-state index is 5.94. The summed E-state index contributed by atoms with van der Waals surface area (Å²) >= 11 is 0. The predicted octanol–water partition coefficient (Wildman–Crippen LogP) is 3.32. The van der Waals surface area contributed by atoms with Crippen molar-refractivity contribution in [1.29, 1.82) is 0 Å². The molecule has 3 rings (SSSR count). The van der Waals surface area contributed by atoms with Crippen molar-refractivity contribution >= 4 is 11.4 Å². The summed E-state index contributed by atoms with van der Waals surface area (Å²) in [6, 6.07) is 16.0. The van der Waals surface area contributed by atoms with Gasteiger partial charge in [0, 0.05) is 13.1 Å². The summed E-state index contributed by atoms with van der Waals surface area (Å²) in [6.07, 6.45) is 0. The van der Waals surface area contributed by atoms with Crippen LogP contribution in [0.25, 0.3) is 0 Å². The van der Waals surface area contributed by atoms with Crippen LogP contribution in [0.5, 0.6) is 11.5 Å². The molecule has 0 aromatic heterocycles. The second-order valence-electron chi connectivity index (χ2n) is 3.95. The Morgan fingerprint density at radius 3 is 1.71 bits per heavy atom. The molecule has 1 heterocycles. The molecular formula is C14H14N2O. The molecule has 1 aliphatic rings. The number of anilines is 2. The third-order valence-corrected chi connectivity index (χ3v) is 2.75. The molecule has 2 aromatic rings. The number of ether oxygens (including phenoxy) is 1. The predicted molar refractivity (Wildman–Crippen MR) is 69.9 cm³/mol. The molecule has 0 unspecified atom stereocenters. The van der Waals surface area contributed by atoms with Crippen LogP contribution in [0.3, 0.4) is 0 Å². The normalized spacial score (nSPS) is 13.6. The molecule has 0 fully saturated rings. The fourth-order valence-electron chi connectivity index (χ4n) is 1.92. The summed E-state index contributed by atoms with van der Waals surface area (Å²) in [5.74, 6) is 1.73. The zero-order chi connectivity index (χ0) is 11.5. The number of hydrogen-bond acceptors (Lipinski definition) is 3. The van der Waals surface area contributed by atoms with Gasteiger partial charge in [-0.05, 0) is 24.3 Å². The van der Waals surface area contributed by atoms with Crippen molar-refractivity contribution in [1.82, 2.24) is 0 Å². The Morgan fingerprint density at radius 2 is 1.18 bits per heavy atom. The molecular weight excluding hydrogens is 212 g/mol. The number of para-hydroxylation sites is 4. The highest BCUT2D eigenvalue weighted by atomic mass is 16.5. The maximum absolute atomic E-state index is 5.94. The molecule has 86 valence electrons. The molecule has 0 aliphatic carbocycles. The van der Waals surface area contributed by atoms with Crippen molar-refractivity contribution in [3.63, 3.8) is 0 Å². The standard InChI is InChI=1S/C14H14N2O/c1-3-7-13-11(5-1)15-9-10-16-12-6-2-4-8-14(12)17-13/h1-8,15-16H,9-10H2. The van der Waals surface area contributed by atoms with E-state index >= 15 is 0 Å². The first-order valence-electron chi connectivity index (χ1n) is 5.77. The van der Waals surface area contributed by atoms with Gasteiger partial charge in [-0.2, -0.15) is 0 Å². The highest BCUT2D eigenvalue weighted by Crippen LogP contribution is 2.34. The average molecular weight is 226 g/mol. The van der Waals surface area contributed by atoms with Crippen molar-refractivity contribution in [2.24, 2.45) is 0 Å². The van der Waals surface area contributed by atoms with Gasteiger partial charge in [0.15, 0.2) is 11.5 Å². The van der Waals surface area contributed by atoms with E-state index in [9.17, 15) is 0 Å². The number of nitrogens with one attached hydrogen (secondary N) is 2. The Balaban J connectivity index is 2.04. The minimum Gasteiger partial charge on any atom is -0.453 e. The van der Waals surface area contributed by atoms with Gasteiger partial charge in [-0.15, -0.1) is 0 Å². The molecule has 0 saturated carbocycles. The van der Waals surface area contributed by atoms with Gasteiger partial charge in [0.2, 0.25) is 0 Å². The van der Waals surface area contributed by atoms with Crippen LogP contribution in [0.15, 0.2) is 48.5 Å². The Hall–Kier alpha value is -2.16. The highest BCUT2D eigenvalue weighted by Gasteiger charge is 2.09. The molecule has 0 spiro atoms. The molecule has 3 nitrogen and oxygen atoms in total. The van der Waals surface area contributed by atoms with Crippen molar-refractivity contribution < 1.29 is 4.74 Å². The van der Waals surface area contributed by atoms with Crippen molar-refractivity contribution in [2.75, 3.05) is 23.7 Å². The van der Waals surface area contributed by atoms with Gasteiger partial charge in [-0.1, -0.05) is 24.3 Å². The Kier molecular flexibility index (Phi) is 2.58. The van der Waals surface area contributed by atoms with Crippen LogP contribution < -0.4 is 15.4 Å². The molecule has 0 atom stereocenters. The molecule has 1 aliphatic heterocycles. The third-order valence-electron chi connectivity index (χ3n) is 2.75. The average Bonchev–Trinajstić information content (AvgIpc) is 2.46. The second kappa shape index (κ2) is 4.37. The molecule has 17 heavy (non-hydrogen) atoms. The molecule has 0 saturated heterocycles.